The van der Waals surface area contributed by atoms with Gasteiger partial charge in [0.15, 0.2) is 0 Å². The first-order chi connectivity index (χ1) is 13.7. The molecule has 0 radical (unpaired) electrons. The number of benzene rings is 3. The predicted octanol–water partition coefficient (Wildman–Crippen LogP) is 4.26. The van der Waals surface area contributed by atoms with Crippen molar-refractivity contribution in [2.75, 3.05) is 0 Å². The molecule has 4 nitrogen and oxygen atoms in total. The molecule has 140 valence electrons. The van der Waals surface area contributed by atoms with Crippen LogP contribution >= 0.6 is 0 Å². The van der Waals surface area contributed by atoms with Crippen molar-refractivity contribution in [2.24, 2.45) is 0 Å². The first-order valence-electron chi connectivity index (χ1n) is 9.45. The van der Waals surface area contributed by atoms with Crippen LogP contribution < -0.4 is 5.32 Å². The van der Waals surface area contributed by atoms with Gasteiger partial charge in [0.25, 0.3) is 5.91 Å². The van der Waals surface area contributed by atoms with E-state index in [4.69, 9.17) is 0 Å². The highest BCUT2D eigenvalue weighted by Crippen LogP contribution is 2.39. The van der Waals surface area contributed by atoms with E-state index in [1.165, 1.54) is 0 Å². The molecule has 0 aromatic heterocycles. The summed E-state index contributed by atoms with van der Waals surface area (Å²) >= 11 is 0. The summed E-state index contributed by atoms with van der Waals surface area (Å²) in [5, 5.41) is 3.01. The van der Waals surface area contributed by atoms with E-state index >= 15 is 0 Å². The SMILES string of the molecule is C[C@@H](c1ccccc1)N1C(=O)c2ccccc2[C@H]1C(=O)NCc1ccccc1. The van der Waals surface area contributed by atoms with Crippen LogP contribution in [0.25, 0.3) is 0 Å². The Morgan fingerprint density at radius 3 is 2.25 bits per heavy atom. The number of nitrogens with one attached hydrogen (secondary N) is 1. The number of hydrogen-bond donors (Lipinski definition) is 1. The molecule has 3 aromatic rings. The number of nitrogens with zero attached hydrogens (tertiary/aromatic N) is 1. The second-order valence-electron chi connectivity index (χ2n) is 6.99. The molecular weight excluding hydrogens is 348 g/mol. The summed E-state index contributed by atoms with van der Waals surface area (Å²) in [6, 6.07) is 26.1. The molecular formula is C24H22N2O2. The largest absolute Gasteiger partial charge is 0.350 e. The van der Waals surface area contributed by atoms with Gasteiger partial charge in [0.1, 0.15) is 6.04 Å². The van der Waals surface area contributed by atoms with Gasteiger partial charge in [-0.2, -0.15) is 0 Å². The van der Waals surface area contributed by atoms with Gasteiger partial charge in [0.05, 0.1) is 6.04 Å². The predicted molar refractivity (Wildman–Crippen MR) is 108 cm³/mol. The Morgan fingerprint density at radius 2 is 1.54 bits per heavy atom. The minimum atomic E-state index is -0.636. The summed E-state index contributed by atoms with van der Waals surface area (Å²) < 4.78 is 0. The highest BCUT2D eigenvalue weighted by molar-refractivity contribution is 6.04. The molecule has 1 aliphatic rings. The second kappa shape index (κ2) is 7.69. The molecule has 0 saturated carbocycles. The van der Waals surface area contributed by atoms with E-state index in [0.29, 0.717) is 12.1 Å². The van der Waals surface area contributed by atoms with E-state index in [9.17, 15) is 9.59 Å². The van der Waals surface area contributed by atoms with Crippen molar-refractivity contribution in [1.82, 2.24) is 10.2 Å². The van der Waals surface area contributed by atoms with Gasteiger partial charge < -0.3 is 10.2 Å². The Bertz CT molecular complexity index is 986. The molecule has 4 heteroatoms. The first-order valence-corrected chi connectivity index (χ1v) is 9.45. The zero-order valence-electron chi connectivity index (χ0n) is 15.7. The van der Waals surface area contributed by atoms with Gasteiger partial charge >= 0.3 is 0 Å². The maximum absolute atomic E-state index is 13.2. The summed E-state index contributed by atoms with van der Waals surface area (Å²) in [4.78, 5) is 28.0. The summed E-state index contributed by atoms with van der Waals surface area (Å²) in [5.41, 5.74) is 3.40. The van der Waals surface area contributed by atoms with Crippen LogP contribution in [-0.2, 0) is 11.3 Å². The molecule has 0 fully saturated rings. The Labute approximate surface area is 164 Å². The van der Waals surface area contributed by atoms with E-state index < -0.39 is 6.04 Å². The minimum Gasteiger partial charge on any atom is -0.350 e. The number of carbonyl (C=O) groups is 2. The van der Waals surface area contributed by atoms with Crippen molar-refractivity contribution in [3.05, 3.63) is 107 Å². The minimum absolute atomic E-state index is 0.105. The van der Waals surface area contributed by atoms with E-state index in [2.05, 4.69) is 5.32 Å². The van der Waals surface area contributed by atoms with Gasteiger partial charge in [-0.05, 0) is 29.7 Å². The topological polar surface area (TPSA) is 49.4 Å². The maximum atomic E-state index is 13.2. The van der Waals surface area contributed by atoms with Crippen LogP contribution in [0.3, 0.4) is 0 Å². The van der Waals surface area contributed by atoms with Crippen molar-refractivity contribution < 1.29 is 9.59 Å². The maximum Gasteiger partial charge on any atom is 0.255 e. The third-order valence-corrected chi connectivity index (χ3v) is 5.26. The van der Waals surface area contributed by atoms with Crippen molar-refractivity contribution in [3.8, 4) is 0 Å². The fraction of sp³-hybridized carbons (Fsp3) is 0.167. The van der Waals surface area contributed by atoms with Crippen LogP contribution in [0.15, 0.2) is 84.9 Å². The smallest absolute Gasteiger partial charge is 0.255 e. The van der Waals surface area contributed by atoms with Crippen LogP contribution in [0.4, 0.5) is 0 Å². The van der Waals surface area contributed by atoms with Gasteiger partial charge in [-0.15, -0.1) is 0 Å². The average molecular weight is 370 g/mol. The molecule has 1 N–H and O–H groups in total. The van der Waals surface area contributed by atoms with Gasteiger partial charge in [0, 0.05) is 12.1 Å². The fourth-order valence-corrected chi connectivity index (χ4v) is 3.78. The van der Waals surface area contributed by atoms with Crippen LogP contribution in [0, 0.1) is 0 Å². The molecule has 0 saturated heterocycles. The molecule has 0 unspecified atom stereocenters. The lowest BCUT2D eigenvalue weighted by Gasteiger charge is -2.31. The molecule has 1 heterocycles. The van der Waals surface area contributed by atoms with Crippen LogP contribution in [0.5, 0.6) is 0 Å². The lowest BCUT2D eigenvalue weighted by molar-refractivity contribution is -0.126. The summed E-state index contributed by atoms with van der Waals surface area (Å²) in [6.07, 6.45) is 0. The zero-order chi connectivity index (χ0) is 19.5. The monoisotopic (exact) mass is 370 g/mol. The summed E-state index contributed by atoms with van der Waals surface area (Å²) in [6.45, 7) is 2.40. The number of carbonyl (C=O) groups excluding carboxylic acids is 2. The highest BCUT2D eigenvalue weighted by atomic mass is 16.2. The molecule has 28 heavy (non-hydrogen) atoms. The molecule has 1 aliphatic heterocycles. The second-order valence-corrected chi connectivity index (χ2v) is 6.99. The van der Waals surface area contributed by atoms with E-state index in [0.717, 1.165) is 16.7 Å². The number of hydrogen-bond acceptors (Lipinski definition) is 2. The van der Waals surface area contributed by atoms with Crippen LogP contribution in [-0.4, -0.2) is 16.7 Å². The lowest BCUT2D eigenvalue weighted by atomic mass is 10.0. The summed E-state index contributed by atoms with van der Waals surface area (Å²) in [7, 11) is 0. The van der Waals surface area contributed by atoms with Crippen LogP contribution in [0.1, 0.15) is 46.1 Å². The van der Waals surface area contributed by atoms with E-state index in [-0.39, 0.29) is 17.9 Å². The quantitative estimate of drug-likeness (QED) is 0.729. The Morgan fingerprint density at radius 1 is 0.929 bits per heavy atom. The average Bonchev–Trinajstić information content (AvgIpc) is 3.05. The number of amides is 2. The van der Waals surface area contributed by atoms with E-state index in [1.807, 2.05) is 85.8 Å². The molecule has 0 bridgehead atoms. The Balaban J connectivity index is 1.64. The standard InChI is InChI=1S/C24H22N2O2/c1-17(19-12-6-3-7-13-19)26-22(20-14-8-9-15-21(20)24(26)28)23(27)25-16-18-10-4-2-5-11-18/h2-15,17,22H,16H2,1H3,(H,25,27)/t17-,22-/m0/s1. The van der Waals surface area contributed by atoms with Gasteiger partial charge in [0.2, 0.25) is 5.91 Å². The molecule has 0 aliphatic carbocycles. The van der Waals surface area contributed by atoms with Gasteiger partial charge in [-0.3, -0.25) is 9.59 Å². The highest BCUT2D eigenvalue weighted by Gasteiger charge is 2.43. The molecule has 2 amide bonds. The molecule has 4 rings (SSSR count). The third-order valence-electron chi connectivity index (χ3n) is 5.26. The molecule has 0 spiro atoms. The number of fused-ring (bicyclic) bond motifs is 1. The van der Waals surface area contributed by atoms with Crippen molar-refractivity contribution in [2.45, 2.75) is 25.6 Å². The van der Waals surface area contributed by atoms with Gasteiger partial charge in [-0.25, -0.2) is 0 Å². The van der Waals surface area contributed by atoms with Crippen molar-refractivity contribution in [3.63, 3.8) is 0 Å². The zero-order valence-corrected chi connectivity index (χ0v) is 15.7. The lowest BCUT2D eigenvalue weighted by Crippen LogP contribution is -2.40. The van der Waals surface area contributed by atoms with Gasteiger partial charge in [-0.1, -0.05) is 78.9 Å². The van der Waals surface area contributed by atoms with Crippen molar-refractivity contribution in [1.29, 1.82) is 0 Å². The van der Waals surface area contributed by atoms with Crippen LogP contribution in [0.2, 0.25) is 0 Å². The Kier molecular flexibility index (Phi) is 4.94. The Hall–Kier alpha value is -3.40. The third kappa shape index (κ3) is 3.29. The normalized spacial score (nSPS) is 16.5. The first kappa shape index (κ1) is 18.0. The molecule has 3 aromatic carbocycles. The number of rotatable bonds is 5. The fourth-order valence-electron chi connectivity index (χ4n) is 3.78. The molecule has 2 atom stereocenters. The van der Waals surface area contributed by atoms with Crippen molar-refractivity contribution >= 4 is 11.8 Å². The summed E-state index contributed by atoms with van der Waals surface area (Å²) in [5.74, 6) is -0.267. The van der Waals surface area contributed by atoms with E-state index in [1.54, 1.807) is 11.0 Å².